The summed E-state index contributed by atoms with van der Waals surface area (Å²) in [6.07, 6.45) is 4.05. The van der Waals surface area contributed by atoms with E-state index in [1.165, 1.54) is 26.4 Å². The molecule has 0 aliphatic rings. The van der Waals surface area contributed by atoms with Crippen LogP contribution in [-0.2, 0) is 6.54 Å². The molecule has 19 heavy (non-hydrogen) atoms. The van der Waals surface area contributed by atoms with Crippen LogP contribution in [0.2, 0.25) is 0 Å². The molecule has 3 aromatic rings. The zero-order valence-corrected chi connectivity index (χ0v) is 11.9. The van der Waals surface area contributed by atoms with Crippen molar-refractivity contribution in [3.63, 3.8) is 0 Å². The minimum absolute atomic E-state index is 0.850. The lowest BCUT2D eigenvalue weighted by Gasteiger charge is -2.00. The van der Waals surface area contributed by atoms with Gasteiger partial charge in [-0.1, -0.05) is 30.3 Å². The van der Waals surface area contributed by atoms with Gasteiger partial charge >= 0.3 is 0 Å². The van der Waals surface area contributed by atoms with Crippen LogP contribution in [-0.4, -0.2) is 9.78 Å². The van der Waals surface area contributed by atoms with Crippen LogP contribution in [0.5, 0.6) is 0 Å². The molecule has 0 spiro atoms. The Kier molecular flexibility index (Phi) is 3.22. The normalized spacial score (nSPS) is 10.8. The molecule has 1 aromatic carbocycles. The second-order valence-electron chi connectivity index (χ2n) is 4.73. The summed E-state index contributed by atoms with van der Waals surface area (Å²) in [7, 11) is 0. The smallest absolute Gasteiger partial charge is 0.0670 e. The van der Waals surface area contributed by atoms with E-state index in [0.29, 0.717) is 0 Å². The highest BCUT2D eigenvalue weighted by molar-refractivity contribution is 7.12. The fraction of sp³-hybridized carbons (Fsp3) is 0.188. The van der Waals surface area contributed by atoms with Gasteiger partial charge in [-0.25, -0.2) is 0 Å². The van der Waals surface area contributed by atoms with E-state index in [-0.39, 0.29) is 0 Å². The highest BCUT2D eigenvalue weighted by Crippen LogP contribution is 2.22. The van der Waals surface area contributed by atoms with Gasteiger partial charge in [0.25, 0.3) is 0 Å². The monoisotopic (exact) mass is 268 g/mol. The van der Waals surface area contributed by atoms with E-state index in [1.807, 2.05) is 28.3 Å². The average Bonchev–Trinajstić information content (AvgIpc) is 2.99. The van der Waals surface area contributed by atoms with Crippen LogP contribution in [0.25, 0.3) is 11.1 Å². The van der Waals surface area contributed by atoms with Gasteiger partial charge in [-0.15, -0.1) is 11.3 Å². The Bertz CT molecular complexity index is 680. The van der Waals surface area contributed by atoms with Gasteiger partial charge in [0.2, 0.25) is 0 Å². The van der Waals surface area contributed by atoms with E-state index < -0.39 is 0 Å². The van der Waals surface area contributed by atoms with Gasteiger partial charge in [0, 0.05) is 21.5 Å². The van der Waals surface area contributed by atoms with Crippen molar-refractivity contribution in [2.75, 3.05) is 0 Å². The molecule has 0 amide bonds. The molecular weight excluding hydrogens is 252 g/mol. The van der Waals surface area contributed by atoms with E-state index in [4.69, 9.17) is 0 Å². The number of hydrogen-bond donors (Lipinski definition) is 0. The molecule has 0 aliphatic heterocycles. The van der Waals surface area contributed by atoms with Crippen LogP contribution in [0, 0.1) is 13.8 Å². The van der Waals surface area contributed by atoms with E-state index >= 15 is 0 Å². The van der Waals surface area contributed by atoms with Crippen LogP contribution in [0.4, 0.5) is 0 Å². The Morgan fingerprint density at radius 3 is 2.58 bits per heavy atom. The number of thiophene rings is 1. The maximum absolute atomic E-state index is 4.46. The lowest BCUT2D eigenvalue weighted by molar-refractivity contribution is 0.686. The standard InChI is InChI=1S/C16H16N2S/c1-12-8-15(13(2)19-12)10-18-11-16(9-17-18)14-6-4-3-5-7-14/h3-9,11H,10H2,1-2H3. The predicted molar refractivity (Wildman–Crippen MR) is 80.6 cm³/mol. The molecule has 0 radical (unpaired) electrons. The summed E-state index contributed by atoms with van der Waals surface area (Å²) in [6.45, 7) is 5.18. The summed E-state index contributed by atoms with van der Waals surface area (Å²) >= 11 is 1.85. The number of nitrogens with zero attached hydrogens (tertiary/aromatic N) is 2. The summed E-state index contributed by atoms with van der Waals surface area (Å²) < 4.78 is 2.01. The topological polar surface area (TPSA) is 17.8 Å². The number of benzene rings is 1. The Morgan fingerprint density at radius 2 is 1.89 bits per heavy atom. The molecule has 0 bridgehead atoms. The summed E-state index contributed by atoms with van der Waals surface area (Å²) in [5.41, 5.74) is 3.75. The number of aromatic nitrogens is 2. The van der Waals surface area contributed by atoms with Crippen molar-refractivity contribution in [1.82, 2.24) is 9.78 Å². The maximum atomic E-state index is 4.46. The molecule has 3 rings (SSSR count). The lowest BCUT2D eigenvalue weighted by atomic mass is 10.1. The first-order chi connectivity index (χ1) is 9.22. The summed E-state index contributed by atoms with van der Waals surface area (Å²) in [5.74, 6) is 0. The molecule has 0 fully saturated rings. The first kappa shape index (κ1) is 12.2. The van der Waals surface area contributed by atoms with Gasteiger partial charge in [-0.05, 0) is 31.0 Å². The van der Waals surface area contributed by atoms with Crippen molar-refractivity contribution >= 4 is 11.3 Å². The van der Waals surface area contributed by atoms with Crippen LogP contribution < -0.4 is 0 Å². The molecule has 3 heteroatoms. The summed E-state index contributed by atoms with van der Waals surface area (Å²) in [5, 5.41) is 4.46. The van der Waals surface area contributed by atoms with Crippen LogP contribution in [0.1, 0.15) is 15.3 Å². The molecule has 96 valence electrons. The van der Waals surface area contributed by atoms with Crippen molar-refractivity contribution in [3.8, 4) is 11.1 Å². The maximum Gasteiger partial charge on any atom is 0.0670 e. The molecule has 2 nitrogen and oxygen atoms in total. The largest absolute Gasteiger partial charge is 0.268 e. The molecule has 0 atom stereocenters. The van der Waals surface area contributed by atoms with Crippen molar-refractivity contribution in [1.29, 1.82) is 0 Å². The average molecular weight is 268 g/mol. The second-order valence-corrected chi connectivity index (χ2v) is 6.19. The zero-order chi connectivity index (χ0) is 13.2. The highest BCUT2D eigenvalue weighted by atomic mass is 32.1. The lowest BCUT2D eigenvalue weighted by Crippen LogP contribution is -1.99. The van der Waals surface area contributed by atoms with Crippen molar-refractivity contribution in [3.05, 3.63) is 64.1 Å². The third-order valence-corrected chi connectivity index (χ3v) is 4.22. The Hall–Kier alpha value is -1.87. The van der Waals surface area contributed by atoms with Gasteiger partial charge in [-0.3, -0.25) is 4.68 Å². The second kappa shape index (κ2) is 5.02. The Balaban J connectivity index is 1.84. The molecule has 0 saturated heterocycles. The fourth-order valence-electron chi connectivity index (χ4n) is 2.24. The molecule has 0 unspecified atom stereocenters. The first-order valence-corrected chi connectivity index (χ1v) is 7.18. The van der Waals surface area contributed by atoms with Crippen molar-refractivity contribution < 1.29 is 0 Å². The van der Waals surface area contributed by atoms with Gasteiger partial charge in [0.05, 0.1) is 12.7 Å². The quantitative estimate of drug-likeness (QED) is 0.693. The minimum Gasteiger partial charge on any atom is -0.268 e. The van der Waals surface area contributed by atoms with E-state index in [2.05, 4.69) is 55.5 Å². The Labute approximate surface area is 117 Å². The third-order valence-electron chi connectivity index (χ3n) is 3.22. The SMILES string of the molecule is Cc1cc(Cn2cc(-c3ccccc3)cn2)c(C)s1. The third kappa shape index (κ3) is 2.61. The minimum atomic E-state index is 0.850. The summed E-state index contributed by atoms with van der Waals surface area (Å²) in [4.78, 5) is 2.75. The molecule has 2 aromatic heterocycles. The number of aryl methyl sites for hydroxylation is 2. The van der Waals surface area contributed by atoms with Crippen LogP contribution in [0.15, 0.2) is 48.8 Å². The molecular formula is C16H16N2S. The molecule has 0 saturated carbocycles. The number of rotatable bonds is 3. The number of hydrogen-bond acceptors (Lipinski definition) is 2. The van der Waals surface area contributed by atoms with Gasteiger partial charge in [-0.2, -0.15) is 5.10 Å². The molecule has 0 N–H and O–H groups in total. The zero-order valence-electron chi connectivity index (χ0n) is 11.1. The van der Waals surface area contributed by atoms with Crippen LogP contribution in [0.3, 0.4) is 0 Å². The molecule has 2 heterocycles. The van der Waals surface area contributed by atoms with Gasteiger partial charge in [0.15, 0.2) is 0 Å². The summed E-state index contributed by atoms with van der Waals surface area (Å²) in [6, 6.07) is 12.6. The Morgan fingerprint density at radius 1 is 1.11 bits per heavy atom. The van der Waals surface area contributed by atoms with E-state index in [1.54, 1.807) is 0 Å². The molecule has 0 aliphatic carbocycles. The van der Waals surface area contributed by atoms with Gasteiger partial charge < -0.3 is 0 Å². The van der Waals surface area contributed by atoms with Crippen LogP contribution >= 0.6 is 11.3 Å². The first-order valence-electron chi connectivity index (χ1n) is 6.36. The fourth-order valence-corrected chi connectivity index (χ4v) is 3.18. The van der Waals surface area contributed by atoms with Gasteiger partial charge in [0.1, 0.15) is 0 Å². The predicted octanol–water partition coefficient (Wildman–Crippen LogP) is 4.28. The van der Waals surface area contributed by atoms with Crippen molar-refractivity contribution in [2.24, 2.45) is 0 Å². The van der Waals surface area contributed by atoms with Crippen molar-refractivity contribution in [2.45, 2.75) is 20.4 Å². The van der Waals surface area contributed by atoms with E-state index in [0.717, 1.165) is 6.54 Å². The highest BCUT2D eigenvalue weighted by Gasteiger charge is 2.06. The van der Waals surface area contributed by atoms with E-state index in [9.17, 15) is 0 Å².